The highest BCUT2D eigenvalue weighted by molar-refractivity contribution is 6.12. The minimum atomic E-state index is -0.483. The molecule has 0 fully saturated rings. The third-order valence-electron chi connectivity index (χ3n) is 15.0. The first-order valence-corrected chi connectivity index (χ1v) is 23.5. The molecule has 2 aromatic heterocycles. The summed E-state index contributed by atoms with van der Waals surface area (Å²) >= 11 is 0. The summed E-state index contributed by atoms with van der Waals surface area (Å²) in [4.78, 5) is 2.53. The number of furan rings is 1. The Bertz CT molecular complexity index is 4140. The maximum atomic E-state index is 6.54. The molecule has 1 spiro atoms. The standard InChI is InChI=1S/C65H40N2O/c1-2-18-42-39-63-53(37-41(42)17-1)52-38-43(35-36-62(52)68-63)46-21-6-12-31-58(46)67(45-20-15-19-44(40-45)66-59-32-13-7-24-49(59)50-25-8-14-33-60(50)66)61-34-16-30-57-64(61)51-26-5-11-29-56(51)65(57)54-27-9-3-22-47(54)48-23-4-10-28-55(48)65/h1-40H. The minimum Gasteiger partial charge on any atom is -0.456 e. The molecule has 0 bridgehead atoms. The van der Waals surface area contributed by atoms with E-state index in [9.17, 15) is 0 Å². The zero-order chi connectivity index (χ0) is 44.5. The molecule has 3 nitrogen and oxygen atoms in total. The van der Waals surface area contributed by atoms with E-state index in [4.69, 9.17) is 4.42 Å². The zero-order valence-electron chi connectivity index (χ0n) is 36.9. The van der Waals surface area contributed by atoms with Crippen LogP contribution >= 0.6 is 0 Å². The first kappa shape index (κ1) is 37.3. The van der Waals surface area contributed by atoms with Crippen LogP contribution in [0.3, 0.4) is 0 Å². The summed E-state index contributed by atoms with van der Waals surface area (Å²) in [6.07, 6.45) is 0. The van der Waals surface area contributed by atoms with Gasteiger partial charge in [0.1, 0.15) is 11.2 Å². The fraction of sp³-hybridized carbons (Fsp3) is 0.0154. The van der Waals surface area contributed by atoms with E-state index in [0.717, 1.165) is 55.8 Å². The lowest BCUT2D eigenvalue weighted by Gasteiger charge is -2.32. The average Bonchev–Trinajstić information content (AvgIpc) is 4.12. The molecule has 0 unspecified atom stereocenters. The monoisotopic (exact) mass is 864 g/mol. The van der Waals surface area contributed by atoms with Gasteiger partial charge in [0.05, 0.1) is 27.8 Å². The second-order valence-corrected chi connectivity index (χ2v) is 18.3. The lowest BCUT2D eigenvalue weighted by molar-refractivity contribution is 0.669. The highest BCUT2D eigenvalue weighted by Crippen LogP contribution is 2.65. The molecule has 0 saturated heterocycles. The topological polar surface area (TPSA) is 21.3 Å². The van der Waals surface area contributed by atoms with Crippen LogP contribution in [0.5, 0.6) is 0 Å². The predicted molar refractivity (Wildman–Crippen MR) is 282 cm³/mol. The Kier molecular flexibility index (Phi) is 7.71. The molecule has 11 aromatic carbocycles. The molecule has 0 aliphatic heterocycles. The van der Waals surface area contributed by atoms with Gasteiger partial charge in [0.2, 0.25) is 0 Å². The van der Waals surface area contributed by atoms with Gasteiger partial charge in [0.25, 0.3) is 0 Å². The number of hydrogen-bond acceptors (Lipinski definition) is 2. The number of nitrogens with zero attached hydrogens (tertiary/aromatic N) is 2. The second kappa shape index (κ2) is 14.0. The van der Waals surface area contributed by atoms with Crippen LogP contribution in [0, 0.1) is 0 Å². The van der Waals surface area contributed by atoms with Gasteiger partial charge in [-0.1, -0.05) is 176 Å². The summed E-state index contributed by atoms with van der Waals surface area (Å²) in [5.41, 5.74) is 20.7. The van der Waals surface area contributed by atoms with E-state index in [2.05, 4.69) is 252 Å². The smallest absolute Gasteiger partial charge is 0.136 e. The largest absolute Gasteiger partial charge is 0.456 e. The Labute approximate surface area is 393 Å². The van der Waals surface area contributed by atoms with Crippen molar-refractivity contribution < 1.29 is 4.42 Å². The molecule has 0 atom stereocenters. The molecule has 0 radical (unpaired) electrons. The van der Waals surface area contributed by atoms with Crippen molar-refractivity contribution in [3.05, 3.63) is 265 Å². The molecule has 0 N–H and O–H groups in total. The number of aromatic nitrogens is 1. The summed E-state index contributed by atoms with van der Waals surface area (Å²) < 4.78 is 8.97. The summed E-state index contributed by atoms with van der Waals surface area (Å²) in [5, 5.41) is 7.08. The molecular weight excluding hydrogens is 825 g/mol. The Balaban J connectivity index is 1.01. The van der Waals surface area contributed by atoms with Gasteiger partial charge in [-0.25, -0.2) is 0 Å². The lowest BCUT2D eigenvalue weighted by atomic mass is 9.70. The van der Waals surface area contributed by atoms with Crippen molar-refractivity contribution in [1.82, 2.24) is 4.57 Å². The van der Waals surface area contributed by atoms with Crippen LogP contribution in [0.25, 0.3) is 93.6 Å². The van der Waals surface area contributed by atoms with Crippen LogP contribution in [-0.4, -0.2) is 4.57 Å². The van der Waals surface area contributed by atoms with Crippen LogP contribution in [0.2, 0.25) is 0 Å². The van der Waals surface area contributed by atoms with Gasteiger partial charge in [0, 0.05) is 44.0 Å². The molecule has 0 amide bonds. The van der Waals surface area contributed by atoms with E-state index in [0.29, 0.717) is 0 Å². The first-order valence-electron chi connectivity index (χ1n) is 23.5. The summed E-state index contributed by atoms with van der Waals surface area (Å²) in [5.74, 6) is 0. The summed E-state index contributed by atoms with van der Waals surface area (Å²) in [7, 11) is 0. The third-order valence-corrected chi connectivity index (χ3v) is 15.0. The van der Waals surface area contributed by atoms with Crippen molar-refractivity contribution in [1.29, 1.82) is 0 Å². The van der Waals surface area contributed by atoms with Crippen LogP contribution in [0.1, 0.15) is 22.3 Å². The maximum Gasteiger partial charge on any atom is 0.136 e. The normalized spacial score (nSPS) is 13.1. The van der Waals surface area contributed by atoms with Crippen molar-refractivity contribution >= 4 is 71.6 Å². The molecule has 13 aromatic rings. The van der Waals surface area contributed by atoms with Crippen LogP contribution in [0.15, 0.2) is 247 Å². The molecule has 316 valence electrons. The Morgan fingerprint density at radius 2 is 0.897 bits per heavy atom. The summed E-state index contributed by atoms with van der Waals surface area (Å²) in [6, 6.07) is 89.5. The van der Waals surface area contributed by atoms with E-state index >= 15 is 0 Å². The van der Waals surface area contributed by atoms with Crippen molar-refractivity contribution in [2.24, 2.45) is 0 Å². The van der Waals surface area contributed by atoms with E-state index in [1.54, 1.807) is 0 Å². The summed E-state index contributed by atoms with van der Waals surface area (Å²) in [6.45, 7) is 0. The number of rotatable bonds is 5. The molecule has 2 aliphatic carbocycles. The first-order chi connectivity index (χ1) is 33.7. The minimum absolute atomic E-state index is 0.483. The van der Waals surface area contributed by atoms with E-state index in [-0.39, 0.29) is 0 Å². The maximum absolute atomic E-state index is 6.54. The van der Waals surface area contributed by atoms with Gasteiger partial charge in [-0.15, -0.1) is 0 Å². The molecule has 2 heterocycles. The third kappa shape index (κ3) is 5.02. The average molecular weight is 865 g/mol. The Morgan fingerprint density at radius 3 is 1.63 bits per heavy atom. The Hall–Kier alpha value is -8.92. The van der Waals surface area contributed by atoms with Crippen molar-refractivity contribution in [2.45, 2.75) is 5.41 Å². The molecule has 0 saturated carbocycles. The molecule has 3 heteroatoms. The molecular formula is C65H40N2O. The predicted octanol–water partition coefficient (Wildman–Crippen LogP) is 17.3. The van der Waals surface area contributed by atoms with Gasteiger partial charge in [-0.2, -0.15) is 0 Å². The van der Waals surface area contributed by atoms with Crippen molar-refractivity contribution in [2.75, 3.05) is 4.90 Å². The molecule has 2 aliphatic rings. The van der Waals surface area contributed by atoms with Crippen molar-refractivity contribution in [3.8, 4) is 39.1 Å². The zero-order valence-corrected chi connectivity index (χ0v) is 36.9. The highest BCUT2D eigenvalue weighted by Gasteiger charge is 2.52. The Morgan fingerprint density at radius 1 is 0.353 bits per heavy atom. The lowest BCUT2D eigenvalue weighted by Crippen LogP contribution is -2.26. The fourth-order valence-electron chi connectivity index (χ4n) is 12.2. The van der Waals surface area contributed by atoms with Crippen LogP contribution < -0.4 is 4.90 Å². The number of hydrogen-bond donors (Lipinski definition) is 0. The van der Waals surface area contributed by atoms with E-state index in [1.807, 2.05) is 0 Å². The van der Waals surface area contributed by atoms with Crippen LogP contribution in [0.4, 0.5) is 17.1 Å². The van der Waals surface area contributed by atoms with E-state index < -0.39 is 5.41 Å². The fourth-order valence-corrected chi connectivity index (χ4v) is 12.2. The number of para-hydroxylation sites is 3. The van der Waals surface area contributed by atoms with Crippen LogP contribution in [-0.2, 0) is 5.41 Å². The van der Waals surface area contributed by atoms with Gasteiger partial charge < -0.3 is 13.9 Å². The van der Waals surface area contributed by atoms with Gasteiger partial charge >= 0.3 is 0 Å². The van der Waals surface area contributed by atoms with Gasteiger partial charge in [-0.05, 0) is 122 Å². The molecule has 68 heavy (non-hydrogen) atoms. The molecule has 15 rings (SSSR count). The van der Waals surface area contributed by atoms with E-state index in [1.165, 1.54) is 77.1 Å². The quantitative estimate of drug-likeness (QED) is 0.172. The SMILES string of the molecule is c1cc(N(c2ccccc2-c2ccc3oc4cc5ccccc5cc4c3c2)c2cccc3c2-c2ccccc2C32c3ccccc3-c3ccccc32)cc(-n2c3ccccc3c3ccccc32)c1. The number of benzene rings is 11. The van der Waals surface area contributed by atoms with Gasteiger partial charge in [0.15, 0.2) is 0 Å². The number of anilines is 3. The second-order valence-electron chi connectivity index (χ2n) is 18.3. The highest BCUT2D eigenvalue weighted by atomic mass is 16.3. The van der Waals surface area contributed by atoms with Gasteiger partial charge in [-0.3, -0.25) is 0 Å². The number of fused-ring (bicyclic) bond motifs is 17. The van der Waals surface area contributed by atoms with Crippen molar-refractivity contribution in [3.63, 3.8) is 0 Å².